The van der Waals surface area contributed by atoms with Gasteiger partial charge in [0.25, 0.3) is 5.91 Å². The summed E-state index contributed by atoms with van der Waals surface area (Å²) in [6.45, 7) is 5.72. The Morgan fingerprint density at radius 2 is 1.89 bits per heavy atom. The average Bonchev–Trinajstić information content (AvgIpc) is 3.25. The Morgan fingerprint density at radius 3 is 2.41 bits per heavy atom. The van der Waals surface area contributed by atoms with Crippen molar-refractivity contribution in [2.45, 2.75) is 69.6 Å². The molecule has 148 valence electrons. The molecule has 2 heterocycles. The Balaban J connectivity index is 1.82. The van der Waals surface area contributed by atoms with Crippen LogP contribution in [0.25, 0.3) is 0 Å². The highest BCUT2D eigenvalue weighted by Crippen LogP contribution is 2.51. The summed E-state index contributed by atoms with van der Waals surface area (Å²) in [5.41, 5.74) is -2.18. The largest absolute Gasteiger partial charge is 0.439 e. The van der Waals surface area contributed by atoms with Crippen LogP contribution < -0.4 is 0 Å². The molecule has 8 heteroatoms. The summed E-state index contributed by atoms with van der Waals surface area (Å²) in [7, 11) is 0. The van der Waals surface area contributed by atoms with Crippen molar-refractivity contribution in [2.75, 3.05) is 6.54 Å². The predicted octanol–water partition coefficient (Wildman–Crippen LogP) is 4.13. The molecule has 0 spiro atoms. The fraction of sp³-hybridized carbons (Fsp3) is 0.632. The zero-order valence-electron chi connectivity index (χ0n) is 15.7. The Bertz CT molecular complexity index is 707. The Kier molecular flexibility index (Phi) is 5.05. The minimum atomic E-state index is -4.60. The standard InChI is InChI=1S/C19H24F3N3O2/c1-17(2,3)27-14(12-13-8-5-4-6-9-13)16(26)25-11-7-10-15(25)18(23-24-18)19(20,21)22/h4-6,8-9,14-15H,7,10-12H2,1-3H3/t14-,15?/m0/s1. The van der Waals surface area contributed by atoms with Gasteiger partial charge in [0, 0.05) is 13.0 Å². The number of carbonyl (C=O) groups is 1. The quantitative estimate of drug-likeness (QED) is 0.768. The molecular weight excluding hydrogens is 359 g/mol. The molecule has 3 rings (SSSR count). The van der Waals surface area contributed by atoms with Crippen LogP contribution in [0.1, 0.15) is 39.2 Å². The summed E-state index contributed by atoms with van der Waals surface area (Å²) in [5.74, 6) is -0.433. The van der Waals surface area contributed by atoms with Crippen LogP contribution in [0, 0.1) is 0 Å². The number of ether oxygens (including phenoxy) is 1. The normalized spacial score (nSPS) is 22.7. The van der Waals surface area contributed by atoms with Crippen molar-refractivity contribution < 1.29 is 22.7 Å². The first-order chi connectivity index (χ1) is 12.5. The number of amides is 1. The number of alkyl halides is 3. The number of benzene rings is 1. The van der Waals surface area contributed by atoms with Crippen LogP contribution in [0.15, 0.2) is 40.6 Å². The Labute approximate surface area is 156 Å². The van der Waals surface area contributed by atoms with E-state index in [0.717, 1.165) is 5.56 Å². The molecule has 27 heavy (non-hydrogen) atoms. The van der Waals surface area contributed by atoms with E-state index in [1.165, 1.54) is 4.90 Å². The van der Waals surface area contributed by atoms with E-state index in [9.17, 15) is 18.0 Å². The van der Waals surface area contributed by atoms with E-state index in [1.54, 1.807) is 0 Å². The van der Waals surface area contributed by atoms with Gasteiger partial charge in [0.2, 0.25) is 0 Å². The van der Waals surface area contributed by atoms with Gasteiger partial charge in [0.15, 0.2) is 0 Å². The zero-order valence-corrected chi connectivity index (χ0v) is 15.7. The number of likely N-dealkylation sites (tertiary alicyclic amines) is 1. The topological polar surface area (TPSA) is 54.3 Å². The van der Waals surface area contributed by atoms with Crippen molar-refractivity contribution in [3.05, 3.63) is 35.9 Å². The van der Waals surface area contributed by atoms with Crippen molar-refractivity contribution in [3.63, 3.8) is 0 Å². The maximum Gasteiger partial charge on any atom is 0.439 e. The van der Waals surface area contributed by atoms with E-state index in [1.807, 2.05) is 51.1 Å². The molecule has 1 fully saturated rings. The molecule has 1 unspecified atom stereocenters. The third-order valence-electron chi connectivity index (χ3n) is 4.77. The molecule has 0 saturated carbocycles. The summed E-state index contributed by atoms with van der Waals surface area (Å²) < 4.78 is 46.3. The summed E-state index contributed by atoms with van der Waals surface area (Å²) in [6, 6.07) is 8.23. The van der Waals surface area contributed by atoms with E-state index >= 15 is 0 Å². The highest BCUT2D eigenvalue weighted by atomic mass is 19.4. The SMILES string of the molecule is CC(C)(C)O[C@@H](Cc1ccccc1)C(=O)N1CCCC1C1(C(F)(F)F)N=N1. The van der Waals surface area contributed by atoms with Gasteiger partial charge in [0.05, 0.1) is 11.6 Å². The minimum absolute atomic E-state index is 0.228. The van der Waals surface area contributed by atoms with Crippen molar-refractivity contribution in [1.82, 2.24) is 4.90 Å². The fourth-order valence-electron chi connectivity index (χ4n) is 3.56. The molecule has 1 aromatic rings. The van der Waals surface area contributed by atoms with Crippen LogP contribution in [-0.2, 0) is 16.0 Å². The van der Waals surface area contributed by atoms with Gasteiger partial charge in [-0.2, -0.15) is 13.2 Å². The zero-order chi connectivity index (χ0) is 19.9. The highest BCUT2D eigenvalue weighted by molar-refractivity contribution is 5.82. The van der Waals surface area contributed by atoms with Gasteiger partial charge < -0.3 is 9.64 Å². The lowest BCUT2D eigenvalue weighted by Crippen LogP contribution is -2.55. The average molecular weight is 383 g/mol. The maximum absolute atomic E-state index is 13.4. The molecule has 2 aliphatic rings. The van der Waals surface area contributed by atoms with Crippen molar-refractivity contribution in [3.8, 4) is 0 Å². The second-order valence-electron chi connectivity index (χ2n) is 8.02. The molecule has 0 aromatic heterocycles. The van der Waals surface area contributed by atoms with E-state index in [0.29, 0.717) is 12.8 Å². The second kappa shape index (κ2) is 6.89. The first-order valence-electron chi connectivity index (χ1n) is 9.06. The van der Waals surface area contributed by atoms with E-state index in [4.69, 9.17) is 4.74 Å². The van der Waals surface area contributed by atoms with Crippen LogP contribution >= 0.6 is 0 Å². The Morgan fingerprint density at radius 1 is 1.26 bits per heavy atom. The molecule has 1 aromatic carbocycles. The lowest BCUT2D eigenvalue weighted by atomic mass is 10.00. The molecule has 0 aliphatic carbocycles. The number of hydrogen-bond acceptors (Lipinski definition) is 4. The van der Waals surface area contributed by atoms with Crippen molar-refractivity contribution in [2.24, 2.45) is 10.2 Å². The van der Waals surface area contributed by atoms with Gasteiger partial charge in [-0.05, 0) is 39.2 Å². The van der Waals surface area contributed by atoms with E-state index < -0.39 is 35.5 Å². The van der Waals surface area contributed by atoms with Crippen LogP contribution in [-0.4, -0.2) is 46.9 Å². The number of nitrogens with zero attached hydrogens (tertiary/aromatic N) is 3. The summed E-state index contributed by atoms with van der Waals surface area (Å²) in [5, 5.41) is 6.61. The third kappa shape index (κ3) is 4.15. The predicted molar refractivity (Wildman–Crippen MR) is 93.1 cm³/mol. The second-order valence-corrected chi connectivity index (χ2v) is 8.02. The van der Waals surface area contributed by atoms with Gasteiger partial charge in [-0.25, -0.2) is 0 Å². The molecule has 0 radical (unpaired) electrons. The van der Waals surface area contributed by atoms with Gasteiger partial charge in [0.1, 0.15) is 6.10 Å². The van der Waals surface area contributed by atoms with E-state index in [-0.39, 0.29) is 13.0 Å². The van der Waals surface area contributed by atoms with Crippen LogP contribution in [0.3, 0.4) is 0 Å². The first-order valence-corrected chi connectivity index (χ1v) is 9.06. The van der Waals surface area contributed by atoms with Crippen molar-refractivity contribution in [1.29, 1.82) is 0 Å². The lowest BCUT2D eigenvalue weighted by Gasteiger charge is -2.34. The van der Waals surface area contributed by atoms with E-state index in [2.05, 4.69) is 10.2 Å². The van der Waals surface area contributed by atoms with Crippen molar-refractivity contribution >= 4 is 5.91 Å². The monoisotopic (exact) mass is 383 g/mol. The fourth-order valence-corrected chi connectivity index (χ4v) is 3.56. The first kappa shape index (κ1) is 19.8. The molecule has 2 aliphatic heterocycles. The highest BCUT2D eigenvalue weighted by Gasteiger charge is 2.70. The molecular formula is C19H24F3N3O2. The van der Waals surface area contributed by atoms with Gasteiger partial charge >= 0.3 is 11.8 Å². The minimum Gasteiger partial charge on any atom is -0.362 e. The third-order valence-corrected chi connectivity index (χ3v) is 4.77. The molecule has 0 bridgehead atoms. The number of halogens is 3. The molecule has 0 N–H and O–H groups in total. The van der Waals surface area contributed by atoms with Crippen LogP contribution in [0.2, 0.25) is 0 Å². The lowest BCUT2D eigenvalue weighted by molar-refractivity contribution is -0.183. The maximum atomic E-state index is 13.4. The summed E-state index contributed by atoms with van der Waals surface area (Å²) in [4.78, 5) is 14.5. The molecule has 2 atom stereocenters. The number of rotatable bonds is 5. The molecule has 1 amide bonds. The van der Waals surface area contributed by atoms with Crippen LogP contribution in [0.4, 0.5) is 13.2 Å². The van der Waals surface area contributed by atoms with Gasteiger partial charge in [-0.3, -0.25) is 4.79 Å². The number of hydrogen-bond donors (Lipinski definition) is 0. The summed E-state index contributed by atoms with van der Waals surface area (Å²) in [6.07, 6.45) is -4.44. The molecule has 1 saturated heterocycles. The summed E-state index contributed by atoms with van der Waals surface area (Å²) >= 11 is 0. The molecule has 5 nitrogen and oxygen atoms in total. The smallest absolute Gasteiger partial charge is 0.362 e. The van der Waals surface area contributed by atoms with Crippen LogP contribution in [0.5, 0.6) is 0 Å². The van der Waals surface area contributed by atoms with Gasteiger partial charge in [-0.15, -0.1) is 10.2 Å². The Hall–Kier alpha value is -1.96. The number of carbonyl (C=O) groups excluding carboxylic acids is 1. The van der Waals surface area contributed by atoms with Gasteiger partial charge in [-0.1, -0.05) is 30.3 Å².